The number of nitrogens with one attached hydrogen (secondary N) is 2. The minimum absolute atomic E-state index is 0.00233. The van der Waals surface area contributed by atoms with E-state index in [1.54, 1.807) is 12.1 Å². The molecule has 0 bridgehead atoms. The summed E-state index contributed by atoms with van der Waals surface area (Å²) in [6, 6.07) is 11.1. The van der Waals surface area contributed by atoms with Crippen LogP contribution < -0.4 is 14.8 Å². The summed E-state index contributed by atoms with van der Waals surface area (Å²) in [5.41, 5.74) is 1.49. The number of hydrogen-bond acceptors (Lipinski definition) is 6. The van der Waals surface area contributed by atoms with Crippen molar-refractivity contribution in [2.24, 2.45) is 0 Å². The topological polar surface area (TPSA) is 111 Å². The van der Waals surface area contributed by atoms with Gasteiger partial charge < -0.3 is 14.8 Å². The highest BCUT2D eigenvalue weighted by Crippen LogP contribution is 2.28. The molecule has 9 heteroatoms. The molecule has 2 aromatic carbocycles. The average Bonchev–Trinajstić information content (AvgIpc) is 3.52. The molecular formula is C21H24N2O6S. The number of anilines is 1. The van der Waals surface area contributed by atoms with E-state index in [0.717, 1.165) is 18.4 Å². The van der Waals surface area contributed by atoms with Crippen LogP contribution in [0.3, 0.4) is 0 Å². The predicted octanol–water partition coefficient (Wildman–Crippen LogP) is 2.63. The average molecular weight is 432 g/mol. The van der Waals surface area contributed by atoms with Gasteiger partial charge in [-0.1, -0.05) is 18.2 Å². The molecule has 30 heavy (non-hydrogen) atoms. The molecule has 1 aliphatic rings. The quantitative estimate of drug-likeness (QED) is 0.621. The van der Waals surface area contributed by atoms with Gasteiger partial charge in [-0.15, -0.1) is 0 Å². The molecule has 2 aromatic rings. The van der Waals surface area contributed by atoms with Crippen molar-refractivity contribution in [3.05, 3.63) is 53.6 Å². The number of benzene rings is 2. The van der Waals surface area contributed by atoms with Gasteiger partial charge in [-0.05, 0) is 56.5 Å². The Morgan fingerprint density at radius 2 is 1.83 bits per heavy atom. The van der Waals surface area contributed by atoms with E-state index in [2.05, 4.69) is 10.0 Å². The summed E-state index contributed by atoms with van der Waals surface area (Å²) in [7, 11) is -2.50. The van der Waals surface area contributed by atoms with E-state index in [0.29, 0.717) is 5.69 Å². The summed E-state index contributed by atoms with van der Waals surface area (Å²) in [4.78, 5) is 24.8. The summed E-state index contributed by atoms with van der Waals surface area (Å²) in [6.07, 6.45) is 0.469. The molecule has 0 heterocycles. The van der Waals surface area contributed by atoms with E-state index >= 15 is 0 Å². The molecule has 1 fully saturated rings. The molecule has 0 radical (unpaired) electrons. The SMILES string of the molecule is COc1ccc(C(=O)OC(C)C(=O)Nc2ccccc2C)cc1S(=O)(=O)NC1CC1. The van der Waals surface area contributed by atoms with Crippen molar-refractivity contribution in [1.29, 1.82) is 0 Å². The van der Waals surface area contributed by atoms with Crippen molar-refractivity contribution in [2.45, 2.75) is 43.7 Å². The van der Waals surface area contributed by atoms with Crippen LogP contribution in [0, 0.1) is 6.92 Å². The molecular weight excluding hydrogens is 408 g/mol. The Morgan fingerprint density at radius 1 is 1.13 bits per heavy atom. The Morgan fingerprint density at radius 3 is 2.47 bits per heavy atom. The van der Waals surface area contributed by atoms with Gasteiger partial charge in [-0.2, -0.15) is 0 Å². The molecule has 3 rings (SSSR count). The van der Waals surface area contributed by atoms with Crippen molar-refractivity contribution in [3.8, 4) is 5.75 Å². The van der Waals surface area contributed by atoms with Crippen LogP contribution in [0.1, 0.15) is 35.7 Å². The van der Waals surface area contributed by atoms with E-state index < -0.39 is 28.0 Å². The zero-order chi connectivity index (χ0) is 21.9. The van der Waals surface area contributed by atoms with Gasteiger partial charge in [-0.25, -0.2) is 17.9 Å². The first kappa shape index (κ1) is 21.8. The maximum atomic E-state index is 12.6. The zero-order valence-corrected chi connectivity index (χ0v) is 17.8. The molecule has 160 valence electrons. The number of carbonyl (C=O) groups is 2. The zero-order valence-electron chi connectivity index (χ0n) is 17.0. The lowest BCUT2D eigenvalue weighted by Crippen LogP contribution is -2.30. The van der Waals surface area contributed by atoms with E-state index in [1.807, 2.05) is 19.1 Å². The fourth-order valence-electron chi connectivity index (χ4n) is 2.73. The first-order chi connectivity index (χ1) is 14.2. The van der Waals surface area contributed by atoms with Crippen LogP contribution in [0.5, 0.6) is 5.75 Å². The maximum absolute atomic E-state index is 12.6. The standard InChI is InChI=1S/C21H24N2O6S/c1-13-6-4-5-7-17(13)22-20(24)14(2)29-21(25)15-8-11-18(28-3)19(12-15)30(26,27)23-16-9-10-16/h4-8,11-12,14,16,23H,9-10H2,1-3H3,(H,22,24). The van der Waals surface area contributed by atoms with E-state index in [9.17, 15) is 18.0 Å². The lowest BCUT2D eigenvalue weighted by Gasteiger charge is -2.16. The number of ether oxygens (including phenoxy) is 2. The summed E-state index contributed by atoms with van der Waals surface area (Å²) in [5, 5.41) is 2.71. The Balaban J connectivity index is 1.73. The van der Waals surface area contributed by atoms with E-state index in [-0.39, 0.29) is 22.3 Å². The fourth-order valence-corrected chi connectivity index (χ4v) is 4.23. The number of sulfonamides is 1. The Labute approximate surface area is 175 Å². The fraction of sp³-hybridized carbons (Fsp3) is 0.333. The maximum Gasteiger partial charge on any atom is 0.338 e. The third kappa shape index (κ3) is 5.17. The normalized spacial score (nSPS) is 14.6. The van der Waals surface area contributed by atoms with Gasteiger partial charge in [0.25, 0.3) is 5.91 Å². The van der Waals surface area contributed by atoms with E-state index in [1.165, 1.54) is 32.2 Å². The molecule has 2 N–H and O–H groups in total. The molecule has 8 nitrogen and oxygen atoms in total. The molecule has 0 aromatic heterocycles. The lowest BCUT2D eigenvalue weighted by atomic mass is 10.2. The highest BCUT2D eigenvalue weighted by atomic mass is 32.2. The number of rotatable bonds is 8. The number of para-hydroxylation sites is 1. The van der Waals surface area contributed by atoms with Crippen molar-refractivity contribution < 1.29 is 27.5 Å². The molecule has 1 atom stereocenters. The van der Waals surface area contributed by atoms with Gasteiger partial charge in [-0.3, -0.25) is 4.79 Å². The Hall–Kier alpha value is -2.91. The third-order valence-corrected chi connectivity index (χ3v) is 6.19. The second-order valence-corrected chi connectivity index (χ2v) is 8.80. The predicted molar refractivity (Wildman–Crippen MR) is 111 cm³/mol. The van der Waals surface area contributed by atoms with Gasteiger partial charge >= 0.3 is 5.97 Å². The highest BCUT2D eigenvalue weighted by Gasteiger charge is 2.31. The Kier molecular flexibility index (Phi) is 6.42. The summed E-state index contributed by atoms with van der Waals surface area (Å²) in [5.74, 6) is -1.19. The first-order valence-electron chi connectivity index (χ1n) is 9.49. The Bertz CT molecular complexity index is 1060. The van der Waals surface area contributed by atoms with Gasteiger partial charge in [0.2, 0.25) is 10.0 Å². The monoisotopic (exact) mass is 432 g/mol. The van der Waals surface area contributed by atoms with Crippen LogP contribution in [0.2, 0.25) is 0 Å². The van der Waals surface area contributed by atoms with Crippen LogP contribution in [0.4, 0.5) is 5.69 Å². The second-order valence-electron chi connectivity index (χ2n) is 7.11. The molecule has 1 unspecified atom stereocenters. The van der Waals surface area contributed by atoms with Gasteiger partial charge in [0.15, 0.2) is 6.10 Å². The molecule has 1 aliphatic carbocycles. The largest absolute Gasteiger partial charge is 0.495 e. The molecule has 0 aliphatic heterocycles. The molecule has 1 saturated carbocycles. The van der Waals surface area contributed by atoms with Gasteiger partial charge in [0, 0.05) is 11.7 Å². The van der Waals surface area contributed by atoms with Crippen LogP contribution >= 0.6 is 0 Å². The molecule has 1 amide bonds. The van der Waals surface area contributed by atoms with Crippen molar-refractivity contribution in [1.82, 2.24) is 4.72 Å². The number of carbonyl (C=O) groups excluding carboxylic acids is 2. The summed E-state index contributed by atoms with van der Waals surface area (Å²) in [6.45, 7) is 3.29. The van der Waals surface area contributed by atoms with Crippen LogP contribution in [-0.2, 0) is 19.6 Å². The van der Waals surface area contributed by atoms with Gasteiger partial charge in [0.05, 0.1) is 12.7 Å². The van der Waals surface area contributed by atoms with Crippen molar-refractivity contribution in [2.75, 3.05) is 12.4 Å². The lowest BCUT2D eigenvalue weighted by molar-refractivity contribution is -0.123. The smallest absolute Gasteiger partial charge is 0.338 e. The number of hydrogen-bond donors (Lipinski definition) is 2. The third-order valence-electron chi connectivity index (χ3n) is 4.64. The van der Waals surface area contributed by atoms with Crippen molar-refractivity contribution >= 4 is 27.6 Å². The highest BCUT2D eigenvalue weighted by molar-refractivity contribution is 7.89. The van der Waals surface area contributed by atoms with Crippen LogP contribution in [0.15, 0.2) is 47.4 Å². The number of amides is 1. The number of methoxy groups -OCH3 is 1. The van der Waals surface area contributed by atoms with Crippen LogP contribution in [-0.4, -0.2) is 39.5 Å². The van der Waals surface area contributed by atoms with E-state index in [4.69, 9.17) is 9.47 Å². The second kappa shape index (κ2) is 8.85. The summed E-state index contributed by atoms with van der Waals surface area (Å²) >= 11 is 0. The number of aryl methyl sites for hydroxylation is 1. The van der Waals surface area contributed by atoms with Gasteiger partial charge in [0.1, 0.15) is 10.6 Å². The molecule has 0 saturated heterocycles. The summed E-state index contributed by atoms with van der Waals surface area (Å²) < 4.78 is 38.1. The minimum Gasteiger partial charge on any atom is -0.495 e. The first-order valence-corrected chi connectivity index (χ1v) is 11.0. The minimum atomic E-state index is -3.85. The number of esters is 1. The van der Waals surface area contributed by atoms with Crippen molar-refractivity contribution in [3.63, 3.8) is 0 Å². The van der Waals surface area contributed by atoms with Crippen LogP contribution in [0.25, 0.3) is 0 Å². The molecule has 0 spiro atoms.